The number of nitrogens with one attached hydrogen (secondary N) is 1. The standard InChI is InChI=1S/C10H14N2O4S/c1-5-3-12(10(16)11-9(5)15)8-2-6(14)7(4-13)17-8/h3,6-8,13-14H,2,4H2,1H3,(H,11,15,16). The first-order chi connectivity index (χ1) is 8.02. The van der Waals surface area contributed by atoms with Gasteiger partial charge in [-0.15, -0.1) is 11.8 Å². The third kappa shape index (κ3) is 2.31. The number of aryl methyl sites for hydroxylation is 1. The van der Waals surface area contributed by atoms with Crippen LogP contribution < -0.4 is 11.2 Å². The van der Waals surface area contributed by atoms with E-state index in [1.54, 1.807) is 6.92 Å². The predicted molar refractivity (Wildman–Crippen MR) is 64.2 cm³/mol. The predicted octanol–water partition coefficient (Wildman–Crippen LogP) is -0.798. The van der Waals surface area contributed by atoms with Crippen LogP contribution in [0, 0.1) is 6.92 Å². The Bertz CT molecular complexity index is 524. The third-order valence-corrected chi connectivity index (χ3v) is 4.39. The third-order valence-electron chi connectivity index (χ3n) is 2.84. The second-order valence-electron chi connectivity index (χ2n) is 4.09. The summed E-state index contributed by atoms with van der Waals surface area (Å²) in [5, 5.41) is 18.2. The van der Waals surface area contributed by atoms with Crippen molar-refractivity contribution >= 4 is 11.8 Å². The van der Waals surface area contributed by atoms with Crippen LogP contribution in [0.1, 0.15) is 17.4 Å². The van der Waals surface area contributed by atoms with Crippen LogP contribution in [-0.2, 0) is 0 Å². The van der Waals surface area contributed by atoms with Crippen molar-refractivity contribution in [3.63, 3.8) is 0 Å². The minimum Gasteiger partial charge on any atom is -0.395 e. The maximum atomic E-state index is 11.6. The van der Waals surface area contributed by atoms with Gasteiger partial charge in [0.2, 0.25) is 0 Å². The lowest BCUT2D eigenvalue weighted by Gasteiger charge is -2.13. The molecule has 1 aliphatic rings. The van der Waals surface area contributed by atoms with Crippen molar-refractivity contribution in [3.8, 4) is 0 Å². The minimum atomic E-state index is -0.630. The molecule has 3 N–H and O–H groups in total. The van der Waals surface area contributed by atoms with Gasteiger partial charge in [-0.1, -0.05) is 0 Å². The molecule has 0 radical (unpaired) electrons. The summed E-state index contributed by atoms with van der Waals surface area (Å²) in [6, 6.07) is 0. The second-order valence-corrected chi connectivity index (χ2v) is 5.52. The van der Waals surface area contributed by atoms with E-state index in [4.69, 9.17) is 5.11 Å². The first kappa shape index (κ1) is 12.4. The Hall–Kier alpha value is -1.05. The molecule has 0 spiro atoms. The molecule has 7 heteroatoms. The Morgan fingerprint density at radius 3 is 2.88 bits per heavy atom. The molecular formula is C10H14N2O4S. The van der Waals surface area contributed by atoms with Gasteiger partial charge in [0.1, 0.15) is 0 Å². The molecule has 1 aromatic heterocycles. The second kappa shape index (κ2) is 4.67. The van der Waals surface area contributed by atoms with Crippen LogP contribution in [0.2, 0.25) is 0 Å². The molecule has 1 aromatic rings. The molecule has 0 saturated carbocycles. The lowest BCUT2D eigenvalue weighted by atomic mass is 10.2. The largest absolute Gasteiger partial charge is 0.395 e. The lowest BCUT2D eigenvalue weighted by molar-refractivity contribution is 0.137. The van der Waals surface area contributed by atoms with Gasteiger partial charge in [-0.3, -0.25) is 14.3 Å². The van der Waals surface area contributed by atoms with Crippen molar-refractivity contribution < 1.29 is 10.2 Å². The molecule has 0 bridgehead atoms. The number of aliphatic hydroxyl groups excluding tert-OH is 2. The van der Waals surface area contributed by atoms with E-state index in [0.29, 0.717) is 12.0 Å². The van der Waals surface area contributed by atoms with Crippen LogP contribution in [0.5, 0.6) is 0 Å². The average molecular weight is 258 g/mol. The Balaban J connectivity index is 2.34. The quantitative estimate of drug-likeness (QED) is 0.645. The highest BCUT2D eigenvalue weighted by atomic mass is 32.2. The first-order valence-corrected chi connectivity index (χ1v) is 6.23. The summed E-state index contributed by atoms with van der Waals surface area (Å²) in [4.78, 5) is 25.1. The number of nitrogens with zero attached hydrogens (tertiary/aromatic N) is 1. The summed E-state index contributed by atoms with van der Waals surface area (Å²) in [6.07, 6.45) is 1.25. The Morgan fingerprint density at radius 2 is 2.29 bits per heavy atom. The zero-order valence-electron chi connectivity index (χ0n) is 9.29. The summed E-state index contributed by atoms with van der Waals surface area (Å²) < 4.78 is 1.40. The molecule has 6 nitrogen and oxygen atoms in total. The van der Waals surface area contributed by atoms with E-state index in [2.05, 4.69) is 4.98 Å². The number of hydrogen-bond acceptors (Lipinski definition) is 5. The summed E-state index contributed by atoms with van der Waals surface area (Å²) in [6.45, 7) is 1.49. The minimum absolute atomic E-state index is 0.126. The number of H-pyrrole nitrogens is 1. The van der Waals surface area contributed by atoms with Crippen LogP contribution in [0.4, 0.5) is 0 Å². The first-order valence-electron chi connectivity index (χ1n) is 5.29. The van der Waals surface area contributed by atoms with Gasteiger partial charge in [0, 0.05) is 18.2 Å². The van der Waals surface area contributed by atoms with E-state index in [1.165, 1.54) is 22.5 Å². The van der Waals surface area contributed by atoms with Gasteiger partial charge in [0.25, 0.3) is 5.56 Å². The van der Waals surface area contributed by atoms with Gasteiger partial charge in [-0.05, 0) is 6.92 Å². The fraction of sp³-hybridized carbons (Fsp3) is 0.600. The van der Waals surface area contributed by atoms with E-state index in [9.17, 15) is 14.7 Å². The molecule has 3 unspecified atom stereocenters. The highest BCUT2D eigenvalue weighted by molar-refractivity contribution is 8.00. The molecule has 3 atom stereocenters. The highest BCUT2D eigenvalue weighted by Gasteiger charge is 2.34. The fourth-order valence-electron chi connectivity index (χ4n) is 1.85. The molecule has 2 heterocycles. The van der Waals surface area contributed by atoms with E-state index >= 15 is 0 Å². The molecule has 1 saturated heterocycles. The van der Waals surface area contributed by atoms with Crippen molar-refractivity contribution in [2.75, 3.05) is 6.61 Å². The Kier molecular flexibility index (Phi) is 3.41. The van der Waals surface area contributed by atoms with Gasteiger partial charge in [0.05, 0.1) is 23.3 Å². The monoisotopic (exact) mass is 258 g/mol. The molecule has 1 fully saturated rings. The number of aliphatic hydroxyl groups is 2. The molecule has 0 amide bonds. The van der Waals surface area contributed by atoms with Crippen molar-refractivity contribution in [3.05, 3.63) is 32.6 Å². The molecule has 17 heavy (non-hydrogen) atoms. The van der Waals surface area contributed by atoms with Crippen LogP contribution in [-0.4, -0.2) is 37.7 Å². The summed E-state index contributed by atoms with van der Waals surface area (Å²) >= 11 is 1.34. The summed E-state index contributed by atoms with van der Waals surface area (Å²) in [5.74, 6) is 0. The van der Waals surface area contributed by atoms with Crippen LogP contribution in [0.15, 0.2) is 15.8 Å². The zero-order chi connectivity index (χ0) is 12.6. The summed E-state index contributed by atoms with van der Waals surface area (Å²) in [5.41, 5.74) is -0.426. The number of aromatic amines is 1. The SMILES string of the molecule is Cc1cn(C2CC(O)C(CO)S2)c(=O)[nH]c1=O. The molecule has 0 aromatic carbocycles. The highest BCUT2D eigenvalue weighted by Crippen LogP contribution is 2.40. The number of aromatic nitrogens is 2. The van der Waals surface area contributed by atoms with E-state index < -0.39 is 17.4 Å². The fourth-order valence-corrected chi connectivity index (χ4v) is 3.23. The summed E-state index contributed by atoms with van der Waals surface area (Å²) in [7, 11) is 0. The van der Waals surface area contributed by atoms with Gasteiger partial charge in [-0.25, -0.2) is 4.79 Å². The zero-order valence-corrected chi connectivity index (χ0v) is 10.1. The normalized spacial score (nSPS) is 28.5. The number of thioether (sulfide) groups is 1. The maximum absolute atomic E-state index is 11.6. The van der Waals surface area contributed by atoms with Gasteiger partial charge >= 0.3 is 5.69 Å². The molecule has 1 aliphatic heterocycles. The van der Waals surface area contributed by atoms with Crippen LogP contribution >= 0.6 is 11.8 Å². The van der Waals surface area contributed by atoms with E-state index in [-0.39, 0.29) is 17.2 Å². The smallest absolute Gasteiger partial charge is 0.329 e. The number of hydrogen-bond donors (Lipinski definition) is 3. The van der Waals surface area contributed by atoms with Crippen molar-refractivity contribution in [2.24, 2.45) is 0 Å². The molecule has 0 aliphatic carbocycles. The lowest BCUT2D eigenvalue weighted by Crippen LogP contribution is -2.32. The van der Waals surface area contributed by atoms with Crippen molar-refractivity contribution in [1.29, 1.82) is 0 Å². The molecular weight excluding hydrogens is 244 g/mol. The van der Waals surface area contributed by atoms with Crippen LogP contribution in [0.25, 0.3) is 0 Å². The molecule has 94 valence electrons. The Labute approximate surface area is 101 Å². The van der Waals surface area contributed by atoms with Crippen LogP contribution in [0.3, 0.4) is 0 Å². The van der Waals surface area contributed by atoms with Gasteiger partial charge in [0.15, 0.2) is 0 Å². The maximum Gasteiger partial charge on any atom is 0.329 e. The van der Waals surface area contributed by atoms with Gasteiger partial charge < -0.3 is 10.2 Å². The average Bonchev–Trinajstić information content (AvgIpc) is 2.65. The number of rotatable bonds is 2. The van der Waals surface area contributed by atoms with Gasteiger partial charge in [-0.2, -0.15) is 0 Å². The van der Waals surface area contributed by atoms with Crippen molar-refractivity contribution in [1.82, 2.24) is 9.55 Å². The van der Waals surface area contributed by atoms with E-state index in [1.807, 2.05) is 0 Å². The Morgan fingerprint density at radius 1 is 1.59 bits per heavy atom. The molecule has 2 rings (SSSR count). The topological polar surface area (TPSA) is 95.3 Å². The van der Waals surface area contributed by atoms with E-state index in [0.717, 1.165) is 0 Å². The van der Waals surface area contributed by atoms with Crippen molar-refractivity contribution in [2.45, 2.75) is 30.1 Å².